The van der Waals surface area contributed by atoms with Gasteiger partial charge in [0.25, 0.3) is 0 Å². The van der Waals surface area contributed by atoms with Gasteiger partial charge in [-0.05, 0) is 18.9 Å². The van der Waals surface area contributed by atoms with Crippen LogP contribution in [-0.4, -0.2) is 24.6 Å². The van der Waals surface area contributed by atoms with Gasteiger partial charge >= 0.3 is 0 Å². The van der Waals surface area contributed by atoms with Crippen LogP contribution in [0.1, 0.15) is 12.5 Å². The third-order valence-corrected chi connectivity index (χ3v) is 2.50. The van der Waals surface area contributed by atoms with E-state index < -0.39 is 0 Å². The molecule has 80 valence electrons. The molecule has 3 heteroatoms. The fourth-order valence-corrected chi connectivity index (χ4v) is 1.91. The zero-order valence-electron chi connectivity index (χ0n) is 8.94. The maximum atomic E-state index is 5.69. The Hall–Kier alpha value is -1.35. The highest BCUT2D eigenvalue weighted by Crippen LogP contribution is 2.20. The molecule has 0 saturated carbocycles. The second-order valence-electron chi connectivity index (χ2n) is 4.26. The molecule has 0 saturated heterocycles. The van der Waals surface area contributed by atoms with Gasteiger partial charge in [0, 0.05) is 0 Å². The highest BCUT2D eigenvalue weighted by Gasteiger charge is 2.27. The van der Waals surface area contributed by atoms with E-state index in [0.29, 0.717) is 19.0 Å². The van der Waals surface area contributed by atoms with Gasteiger partial charge in [-0.15, -0.1) is 0 Å². The van der Waals surface area contributed by atoms with Crippen LogP contribution in [0.5, 0.6) is 0 Å². The summed E-state index contributed by atoms with van der Waals surface area (Å²) in [5, 5.41) is 0. The molecule has 2 rings (SSSR count). The van der Waals surface area contributed by atoms with Gasteiger partial charge in [-0.3, -0.25) is 4.99 Å². The van der Waals surface area contributed by atoms with Crippen LogP contribution in [0.4, 0.5) is 0 Å². The number of rotatable bonds is 2. The molecule has 1 atom stereocenters. The molecule has 2 N–H and O–H groups in total. The number of amidine groups is 1. The molecule has 1 aromatic carbocycles. The number of aliphatic imine (C=N–C) groups is 1. The van der Waals surface area contributed by atoms with E-state index in [4.69, 9.17) is 10.5 Å². The van der Waals surface area contributed by atoms with Crippen LogP contribution < -0.4 is 5.73 Å². The molecule has 0 amide bonds. The van der Waals surface area contributed by atoms with Crippen molar-refractivity contribution in [3.63, 3.8) is 0 Å². The fraction of sp³-hybridized carbons (Fsp3) is 0.417. The van der Waals surface area contributed by atoms with E-state index in [1.54, 1.807) is 0 Å². The third-order valence-electron chi connectivity index (χ3n) is 2.50. The molecule has 0 aliphatic carbocycles. The summed E-state index contributed by atoms with van der Waals surface area (Å²) in [5.41, 5.74) is 6.75. The van der Waals surface area contributed by atoms with Crippen LogP contribution in [0.2, 0.25) is 0 Å². The lowest BCUT2D eigenvalue weighted by Gasteiger charge is -2.29. The van der Waals surface area contributed by atoms with E-state index in [9.17, 15) is 0 Å². The van der Waals surface area contributed by atoms with Crippen molar-refractivity contribution >= 4 is 5.84 Å². The highest BCUT2D eigenvalue weighted by atomic mass is 16.5. The first-order valence-corrected chi connectivity index (χ1v) is 5.14. The van der Waals surface area contributed by atoms with Gasteiger partial charge in [-0.1, -0.05) is 30.3 Å². The van der Waals surface area contributed by atoms with E-state index >= 15 is 0 Å². The molecular weight excluding hydrogens is 188 g/mol. The molecule has 1 unspecified atom stereocenters. The summed E-state index contributed by atoms with van der Waals surface area (Å²) in [7, 11) is 0. The van der Waals surface area contributed by atoms with Crippen molar-refractivity contribution in [3.05, 3.63) is 35.9 Å². The Morgan fingerprint density at radius 2 is 2.13 bits per heavy atom. The summed E-state index contributed by atoms with van der Waals surface area (Å²) in [6.07, 6.45) is 0.870. The Morgan fingerprint density at radius 3 is 2.80 bits per heavy atom. The average Bonchev–Trinajstić information content (AvgIpc) is 2.18. The van der Waals surface area contributed by atoms with Crippen LogP contribution >= 0.6 is 0 Å². The quantitative estimate of drug-likeness (QED) is 0.791. The zero-order chi connectivity index (χ0) is 10.7. The normalized spacial score (nSPS) is 26.1. The van der Waals surface area contributed by atoms with Gasteiger partial charge in [0.15, 0.2) is 0 Å². The first-order chi connectivity index (χ1) is 7.18. The standard InChI is InChI=1S/C12H16N2O/c1-12(9-15-8-11(13)14-12)7-10-5-3-2-4-6-10/h2-6H,7-9H2,1H3,(H2,13,14). The van der Waals surface area contributed by atoms with E-state index in [-0.39, 0.29) is 5.54 Å². The Morgan fingerprint density at radius 1 is 1.40 bits per heavy atom. The van der Waals surface area contributed by atoms with Crippen LogP contribution in [0, 0.1) is 0 Å². The molecular formula is C12H16N2O. The smallest absolute Gasteiger partial charge is 0.121 e. The Bertz CT molecular complexity index is 361. The van der Waals surface area contributed by atoms with Crippen LogP contribution in [0.25, 0.3) is 0 Å². The molecule has 1 heterocycles. The summed E-state index contributed by atoms with van der Waals surface area (Å²) in [5.74, 6) is 0.597. The first-order valence-electron chi connectivity index (χ1n) is 5.14. The lowest BCUT2D eigenvalue weighted by molar-refractivity contribution is 0.106. The number of ether oxygens (including phenoxy) is 1. The summed E-state index contributed by atoms with van der Waals surface area (Å²) in [6.45, 7) is 3.18. The van der Waals surface area contributed by atoms with Crippen molar-refractivity contribution in [3.8, 4) is 0 Å². The summed E-state index contributed by atoms with van der Waals surface area (Å²) in [4.78, 5) is 4.48. The molecule has 0 radical (unpaired) electrons. The Kier molecular flexibility index (Phi) is 2.73. The average molecular weight is 204 g/mol. The lowest BCUT2D eigenvalue weighted by Crippen LogP contribution is -2.40. The van der Waals surface area contributed by atoms with Gasteiger partial charge < -0.3 is 10.5 Å². The predicted molar refractivity (Wildman–Crippen MR) is 61.0 cm³/mol. The van der Waals surface area contributed by atoms with Crippen molar-refractivity contribution in [2.45, 2.75) is 18.9 Å². The van der Waals surface area contributed by atoms with Crippen molar-refractivity contribution in [2.75, 3.05) is 13.2 Å². The van der Waals surface area contributed by atoms with E-state index in [1.807, 2.05) is 18.2 Å². The monoisotopic (exact) mass is 204 g/mol. The van der Waals surface area contributed by atoms with Crippen LogP contribution in [-0.2, 0) is 11.2 Å². The molecule has 0 spiro atoms. The second-order valence-corrected chi connectivity index (χ2v) is 4.26. The maximum absolute atomic E-state index is 5.69. The molecule has 3 nitrogen and oxygen atoms in total. The molecule has 15 heavy (non-hydrogen) atoms. The predicted octanol–water partition coefficient (Wildman–Crippen LogP) is 1.38. The van der Waals surface area contributed by atoms with Gasteiger partial charge in [-0.25, -0.2) is 0 Å². The number of hydrogen-bond acceptors (Lipinski definition) is 3. The van der Waals surface area contributed by atoms with Crippen molar-refractivity contribution < 1.29 is 4.74 Å². The summed E-state index contributed by atoms with van der Waals surface area (Å²) < 4.78 is 5.41. The minimum absolute atomic E-state index is 0.205. The Balaban J connectivity index is 2.14. The van der Waals surface area contributed by atoms with Crippen LogP contribution in [0.3, 0.4) is 0 Å². The van der Waals surface area contributed by atoms with Crippen LogP contribution in [0.15, 0.2) is 35.3 Å². The molecule has 0 bridgehead atoms. The van der Waals surface area contributed by atoms with E-state index in [2.05, 4.69) is 24.0 Å². The first kappa shape index (κ1) is 10.2. The van der Waals surface area contributed by atoms with Gasteiger partial charge in [-0.2, -0.15) is 0 Å². The van der Waals surface area contributed by atoms with Gasteiger partial charge in [0.2, 0.25) is 0 Å². The van der Waals surface area contributed by atoms with Crippen molar-refractivity contribution in [1.82, 2.24) is 0 Å². The largest absolute Gasteiger partial charge is 0.386 e. The number of nitrogens with two attached hydrogens (primary N) is 1. The fourth-order valence-electron chi connectivity index (χ4n) is 1.91. The van der Waals surface area contributed by atoms with E-state index in [1.165, 1.54) is 5.56 Å². The molecule has 1 aliphatic heterocycles. The molecule has 0 aromatic heterocycles. The topological polar surface area (TPSA) is 47.6 Å². The zero-order valence-corrected chi connectivity index (χ0v) is 8.94. The van der Waals surface area contributed by atoms with Crippen molar-refractivity contribution in [2.24, 2.45) is 10.7 Å². The second kappa shape index (κ2) is 4.03. The van der Waals surface area contributed by atoms with Crippen molar-refractivity contribution in [1.29, 1.82) is 0 Å². The van der Waals surface area contributed by atoms with Gasteiger partial charge in [0.1, 0.15) is 12.4 Å². The minimum atomic E-state index is -0.205. The third kappa shape index (κ3) is 2.57. The summed E-state index contributed by atoms with van der Waals surface area (Å²) >= 11 is 0. The Labute approximate surface area is 90.0 Å². The SMILES string of the molecule is CC1(Cc2ccccc2)COCC(N)=N1. The molecule has 0 fully saturated rings. The molecule has 1 aromatic rings. The minimum Gasteiger partial charge on any atom is -0.386 e. The number of nitrogens with zero attached hydrogens (tertiary/aromatic N) is 1. The lowest BCUT2D eigenvalue weighted by atomic mass is 9.94. The maximum Gasteiger partial charge on any atom is 0.121 e. The van der Waals surface area contributed by atoms with E-state index in [0.717, 1.165) is 6.42 Å². The summed E-state index contributed by atoms with van der Waals surface area (Å²) in [6, 6.07) is 10.3. The van der Waals surface area contributed by atoms with Gasteiger partial charge in [0.05, 0.1) is 12.1 Å². The molecule has 1 aliphatic rings. The highest BCUT2D eigenvalue weighted by molar-refractivity contribution is 5.82. The number of benzene rings is 1. The number of hydrogen-bond donors (Lipinski definition) is 1.